The fraction of sp³-hybridized carbons (Fsp3) is 0.476. The zero-order chi connectivity index (χ0) is 17.1. The van der Waals surface area contributed by atoms with Crippen LogP contribution in [0.4, 0.5) is 5.82 Å². The van der Waals surface area contributed by atoms with Gasteiger partial charge in [0.2, 0.25) is 0 Å². The van der Waals surface area contributed by atoms with E-state index in [0.717, 1.165) is 25.0 Å². The highest BCUT2D eigenvalue weighted by Crippen LogP contribution is 2.32. The Balaban J connectivity index is 1.38. The molecule has 2 N–H and O–H groups in total. The van der Waals surface area contributed by atoms with Crippen LogP contribution in [0.3, 0.4) is 0 Å². The molecule has 2 atom stereocenters. The molecule has 2 fully saturated rings. The normalized spacial score (nSPS) is 24.8. The van der Waals surface area contributed by atoms with E-state index in [2.05, 4.69) is 51.2 Å². The molecule has 0 amide bonds. The topological polar surface area (TPSA) is 45.4 Å². The summed E-state index contributed by atoms with van der Waals surface area (Å²) in [6.45, 7) is 5.72. The first-order valence-corrected chi connectivity index (χ1v) is 9.49. The first-order valence-electron chi connectivity index (χ1n) is 9.49. The molecular formula is C21H28N4. The summed E-state index contributed by atoms with van der Waals surface area (Å²) in [5.74, 6) is 1.42. The van der Waals surface area contributed by atoms with Crippen molar-refractivity contribution in [3.05, 3.63) is 59.8 Å². The van der Waals surface area contributed by atoms with Crippen molar-refractivity contribution < 1.29 is 0 Å². The quantitative estimate of drug-likeness (QED) is 0.932. The van der Waals surface area contributed by atoms with Crippen LogP contribution in [0.5, 0.6) is 0 Å². The van der Waals surface area contributed by atoms with Gasteiger partial charge in [-0.3, -0.25) is 9.80 Å². The highest BCUT2D eigenvalue weighted by molar-refractivity contribution is 5.31. The molecule has 1 aromatic heterocycles. The van der Waals surface area contributed by atoms with Crippen LogP contribution in [0.25, 0.3) is 0 Å². The van der Waals surface area contributed by atoms with Crippen molar-refractivity contribution in [1.29, 1.82) is 0 Å². The van der Waals surface area contributed by atoms with Crippen LogP contribution in [0.2, 0.25) is 0 Å². The molecule has 2 aromatic rings. The molecule has 4 rings (SSSR count). The first-order chi connectivity index (χ1) is 12.3. The third-order valence-corrected chi connectivity index (χ3v) is 5.75. The van der Waals surface area contributed by atoms with Crippen LogP contribution in [-0.4, -0.2) is 40.5 Å². The predicted octanol–water partition coefficient (Wildman–Crippen LogP) is 3.15. The molecule has 1 aromatic carbocycles. The number of piperidine rings is 2. The number of likely N-dealkylation sites (tertiary alicyclic amines) is 2. The van der Waals surface area contributed by atoms with E-state index in [4.69, 9.17) is 5.73 Å². The van der Waals surface area contributed by atoms with E-state index in [0.29, 0.717) is 5.82 Å². The summed E-state index contributed by atoms with van der Waals surface area (Å²) in [6, 6.07) is 15.8. The fourth-order valence-corrected chi connectivity index (χ4v) is 4.59. The van der Waals surface area contributed by atoms with Gasteiger partial charge in [-0.15, -0.1) is 0 Å². The molecule has 0 bridgehead atoms. The van der Waals surface area contributed by atoms with Crippen LogP contribution >= 0.6 is 0 Å². The molecular weight excluding hydrogens is 308 g/mol. The van der Waals surface area contributed by atoms with Gasteiger partial charge in [0.15, 0.2) is 0 Å². The van der Waals surface area contributed by atoms with E-state index in [1.807, 2.05) is 12.3 Å². The second-order valence-electron chi connectivity index (χ2n) is 7.54. The van der Waals surface area contributed by atoms with Gasteiger partial charge >= 0.3 is 0 Å². The van der Waals surface area contributed by atoms with Crippen molar-refractivity contribution in [2.75, 3.05) is 25.4 Å². The minimum Gasteiger partial charge on any atom is -0.384 e. The lowest BCUT2D eigenvalue weighted by Crippen LogP contribution is -2.53. The number of nitrogen functional groups attached to an aromatic ring is 1. The van der Waals surface area contributed by atoms with E-state index < -0.39 is 0 Å². The Kier molecular flexibility index (Phi) is 4.99. The van der Waals surface area contributed by atoms with Crippen LogP contribution in [-0.2, 0) is 13.1 Å². The van der Waals surface area contributed by atoms with E-state index >= 15 is 0 Å². The SMILES string of the molecule is Nc1cc(CN2CC[C@@H]3[C@@H](CCCN3Cc3ccccc3)C2)ccn1. The standard InChI is InChI=1S/C21H28N4/c22-21-13-18(8-10-23-21)14-24-12-9-20-19(16-24)7-4-11-25(20)15-17-5-2-1-3-6-17/h1-3,5-6,8,10,13,19-20H,4,7,9,11-12,14-16H2,(H2,22,23)/t19-,20+/m0/s1. The summed E-state index contributed by atoms with van der Waals surface area (Å²) in [5, 5.41) is 0. The van der Waals surface area contributed by atoms with Gasteiger partial charge in [-0.05, 0) is 61.5 Å². The lowest BCUT2D eigenvalue weighted by atomic mass is 9.83. The number of hydrogen-bond donors (Lipinski definition) is 1. The average molecular weight is 336 g/mol. The largest absolute Gasteiger partial charge is 0.384 e. The van der Waals surface area contributed by atoms with Crippen molar-refractivity contribution >= 4 is 5.82 Å². The molecule has 3 heterocycles. The Labute approximate surface area is 150 Å². The number of rotatable bonds is 4. The van der Waals surface area contributed by atoms with Crippen molar-refractivity contribution in [3.63, 3.8) is 0 Å². The smallest absolute Gasteiger partial charge is 0.123 e. The zero-order valence-electron chi connectivity index (χ0n) is 14.8. The van der Waals surface area contributed by atoms with Crippen molar-refractivity contribution in [3.8, 4) is 0 Å². The third kappa shape index (κ3) is 4.02. The van der Waals surface area contributed by atoms with Crippen molar-refractivity contribution in [2.24, 2.45) is 5.92 Å². The van der Waals surface area contributed by atoms with Crippen LogP contribution < -0.4 is 5.73 Å². The third-order valence-electron chi connectivity index (χ3n) is 5.75. The molecule has 0 aliphatic carbocycles. The molecule has 25 heavy (non-hydrogen) atoms. The van der Waals surface area contributed by atoms with Crippen molar-refractivity contribution in [1.82, 2.24) is 14.8 Å². The number of aromatic nitrogens is 1. The molecule has 4 heteroatoms. The van der Waals surface area contributed by atoms with E-state index in [9.17, 15) is 0 Å². The van der Waals surface area contributed by atoms with E-state index in [1.54, 1.807) is 0 Å². The lowest BCUT2D eigenvalue weighted by Gasteiger charge is -2.47. The maximum Gasteiger partial charge on any atom is 0.123 e. The summed E-state index contributed by atoms with van der Waals surface area (Å²) in [7, 11) is 0. The van der Waals surface area contributed by atoms with Gasteiger partial charge in [0.05, 0.1) is 0 Å². The van der Waals surface area contributed by atoms with Crippen LogP contribution in [0, 0.1) is 5.92 Å². The van der Waals surface area contributed by atoms with Gasteiger partial charge in [0.25, 0.3) is 0 Å². The molecule has 4 nitrogen and oxygen atoms in total. The Morgan fingerprint density at radius 1 is 1.00 bits per heavy atom. The molecule has 0 spiro atoms. The number of anilines is 1. The molecule has 0 unspecified atom stereocenters. The average Bonchev–Trinajstić information content (AvgIpc) is 2.63. The first kappa shape index (κ1) is 16.6. The molecule has 132 valence electrons. The minimum absolute atomic E-state index is 0.624. The number of nitrogens with zero attached hydrogens (tertiary/aromatic N) is 3. The molecule has 2 saturated heterocycles. The van der Waals surface area contributed by atoms with Gasteiger partial charge in [-0.25, -0.2) is 4.98 Å². The second kappa shape index (κ2) is 7.54. The van der Waals surface area contributed by atoms with Crippen molar-refractivity contribution in [2.45, 2.75) is 38.4 Å². The highest BCUT2D eigenvalue weighted by Gasteiger charge is 2.35. The molecule has 2 aliphatic heterocycles. The van der Waals surface area contributed by atoms with E-state index in [-0.39, 0.29) is 0 Å². The van der Waals surface area contributed by atoms with E-state index in [1.165, 1.54) is 50.0 Å². The monoisotopic (exact) mass is 336 g/mol. The highest BCUT2D eigenvalue weighted by atomic mass is 15.2. The summed E-state index contributed by atoms with van der Waals surface area (Å²) < 4.78 is 0. The molecule has 2 aliphatic rings. The summed E-state index contributed by atoms with van der Waals surface area (Å²) in [6.07, 6.45) is 5.78. The Morgan fingerprint density at radius 3 is 2.72 bits per heavy atom. The lowest BCUT2D eigenvalue weighted by molar-refractivity contribution is 0.0156. The number of fused-ring (bicyclic) bond motifs is 1. The second-order valence-corrected chi connectivity index (χ2v) is 7.54. The Morgan fingerprint density at radius 2 is 1.88 bits per heavy atom. The van der Waals surface area contributed by atoms with Crippen LogP contribution in [0.15, 0.2) is 48.7 Å². The van der Waals surface area contributed by atoms with Gasteiger partial charge in [-0.2, -0.15) is 0 Å². The van der Waals surface area contributed by atoms with Gasteiger partial charge in [0.1, 0.15) is 5.82 Å². The maximum atomic E-state index is 5.83. The number of pyridine rings is 1. The minimum atomic E-state index is 0.624. The number of nitrogens with two attached hydrogens (primary N) is 1. The molecule has 0 saturated carbocycles. The number of benzene rings is 1. The van der Waals surface area contributed by atoms with Gasteiger partial charge < -0.3 is 5.73 Å². The van der Waals surface area contributed by atoms with Crippen LogP contribution in [0.1, 0.15) is 30.4 Å². The van der Waals surface area contributed by atoms with Gasteiger partial charge in [-0.1, -0.05) is 30.3 Å². The summed E-state index contributed by atoms with van der Waals surface area (Å²) in [5.41, 5.74) is 8.55. The predicted molar refractivity (Wildman–Crippen MR) is 102 cm³/mol. The fourth-order valence-electron chi connectivity index (χ4n) is 4.59. The van der Waals surface area contributed by atoms with Gasteiger partial charge in [0, 0.05) is 31.9 Å². The zero-order valence-corrected chi connectivity index (χ0v) is 14.8. The Hall–Kier alpha value is -1.91. The maximum absolute atomic E-state index is 5.83. The Bertz CT molecular complexity index is 687. The number of hydrogen-bond acceptors (Lipinski definition) is 4. The summed E-state index contributed by atoms with van der Waals surface area (Å²) in [4.78, 5) is 9.43. The summed E-state index contributed by atoms with van der Waals surface area (Å²) >= 11 is 0. The molecule has 0 radical (unpaired) electrons.